The van der Waals surface area contributed by atoms with E-state index < -0.39 is 17.7 Å². The zero-order valence-electron chi connectivity index (χ0n) is 26.8. The summed E-state index contributed by atoms with van der Waals surface area (Å²) in [7, 11) is 5.43. The van der Waals surface area contributed by atoms with E-state index in [0.29, 0.717) is 19.5 Å². The van der Waals surface area contributed by atoms with Crippen molar-refractivity contribution in [3.8, 4) is 34.8 Å². The number of carbonyl (C=O) groups excluding carboxylic acids is 1. The number of nitriles is 1. The number of thiophene rings is 1. The smallest absolute Gasteiger partial charge is 0.320 e. The van der Waals surface area contributed by atoms with Crippen molar-refractivity contribution < 1.29 is 27.8 Å². The van der Waals surface area contributed by atoms with Crippen molar-refractivity contribution in [1.82, 2.24) is 24.7 Å². The minimum Gasteiger partial charge on any atom is -0.487 e. The number of nitrogens with zero attached hydrogens (tertiary/aromatic N) is 6. The molecule has 0 saturated carbocycles. The largest absolute Gasteiger partial charge is 0.487 e. The van der Waals surface area contributed by atoms with Gasteiger partial charge in [-0.15, -0.1) is 11.3 Å². The van der Waals surface area contributed by atoms with Gasteiger partial charge in [0, 0.05) is 50.1 Å². The number of hydrogen-bond acceptors (Lipinski definition) is 10. The van der Waals surface area contributed by atoms with Crippen molar-refractivity contribution in [2.75, 3.05) is 53.1 Å². The minimum absolute atomic E-state index is 0.0233. The van der Waals surface area contributed by atoms with Crippen LogP contribution >= 0.6 is 22.9 Å². The molecule has 2 unspecified atom stereocenters. The number of amides is 2. The van der Waals surface area contributed by atoms with Crippen LogP contribution in [0, 0.1) is 28.9 Å². The van der Waals surface area contributed by atoms with E-state index >= 15 is 4.39 Å². The molecule has 0 radical (unpaired) electrons. The third-order valence-electron chi connectivity index (χ3n) is 9.60. The van der Waals surface area contributed by atoms with Crippen molar-refractivity contribution in [1.29, 1.82) is 5.26 Å². The van der Waals surface area contributed by atoms with Crippen LogP contribution in [0.4, 0.5) is 18.6 Å². The first-order valence-corrected chi connectivity index (χ1v) is 16.9. The SMILES string of the molecule is C[C@H](Oc1nc2c3c(c(Cl)c(-c4ccc(F)c5sc(N)c(C#N)c45)c(F)c3n1)OCC(C1CCN(C(=O)N(C)C)C1)O2)[C@@H]1CCCN1C. The third kappa shape index (κ3) is 5.28. The van der Waals surface area contributed by atoms with Crippen LogP contribution in [0.1, 0.15) is 31.7 Å². The second-order valence-electron chi connectivity index (χ2n) is 12.8. The monoisotopic (exact) mass is 697 g/mol. The first kappa shape index (κ1) is 32.4. The lowest BCUT2D eigenvalue weighted by atomic mass is 9.96. The van der Waals surface area contributed by atoms with Gasteiger partial charge in [-0.1, -0.05) is 17.7 Å². The number of nitrogens with two attached hydrogens (primary N) is 1. The molecule has 3 aliphatic rings. The summed E-state index contributed by atoms with van der Waals surface area (Å²) in [6.45, 7) is 3.86. The molecule has 5 heterocycles. The molecule has 0 bridgehead atoms. The standard InChI is InChI=1S/C33H34ClF2N7O4S/c1-15(20-6-5-10-42(20)4)46-32-39-27-24-28(45-14-21(47-31(24)40-32)16-9-11-43(13-16)33(44)41(2)3)25(34)23(26(27)36)17-7-8-19(35)29-22(17)18(12-37)30(38)48-29/h7-8,15-16,20-21H,5-6,9-11,13-14,38H2,1-4H3/t15-,16?,20-,21?/m0/s1. The molecule has 4 aromatic rings. The summed E-state index contributed by atoms with van der Waals surface area (Å²) in [5.41, 5.74) is 6.00. The first-order chi connectivity index (χ1) is 23.0. The zero-order valence-corrected chi connectivity index (χ0v) is 28.4. The number of benzene rings is 2. The second kappa shape index (κ2) is 12.4. The number of aromatic nitrogens is 2. The normalized spacial score (nSPS) is 21.5. The number of halogens is 3. The Morgan fingerprint density at radius 1 is 1.25 bits per heavy atom. The van der Waals surface area contributed by atoms with Crippen LogP contribution in [-0.2, 0) is 0 Å². The third-order valence-corrected chi connectivity index (χ3v) is 11.0. The molecule has 0 spiro atoms. The maximum Gasteiger partial charge on any atom is 0.320 e. The highest BCUT2D eigenvalue weighted by Crippen LogP contribution is 2.51. The molecule has 2 fully saturated rings. The average molecular weight is 698 g/mol. The maximum atomic E-state index is 17.0. The molecule has 3 aliphatic heterocycles. The van der Waals surface area contributed by atoms with E-state index in [-0.39, 0.29) is 96.0 Å². The van der Waals surface area contributed by atoms with Gasteiger partial charge in [0.1, 0.15) is 46.6 Å². The Morgan fingerprint density at radius 3 is 2.75 bits per heavy atom. The van der Waals surface area contributed by atoms with E-state index in [1.807, 2.05) is 20.0 Å². The number of urea groups is 1. The van der Waals surface area contributed by atoms with E-state index in [1.165, 1.54) is 17.0 Å². The van der Waals surface area contributed by atoms with Gasteiger partial charge in [0.05, 0.1) is 15.3 Å². The molecule has 48 heavy (non-hydrogen) atoms. The van der Waals surface area contributed by atoms with Crippen molar-refractivity contribution >= 4 is 55.0 Å². The van der Waals surface area contributed by atoms with E-state index in [9.17, 15) is 14.4 Å². The summed E-state index contributed by atoms with van der Waals surface area (Å²) in [5, 5.41) is 10.2. The van der Waals surface area contributed by atoms with Crippen molar-refractivity contribution in [3.05, 3.63) is 34.4 Å². The highest BCUT2D eigenvalue weighted by atomic mass is 35.5. The highest BCUT2D eigenvalue weighted by Gasteiger charge is 2.39. The fourth-order valence-electron chi connectivity index (χ4n) is 7.14. The van der Waals surface area contributed by atoms with E-state index in [0.717, 1.165) is 30.7 Å². The zero-order chi connectivity index (χ0) is 34.0. The number of likely N-dealkylation sites (tertiary alicyclic amines) is 2. The van der Waals surface area contributed by atoms with Gasteiger partial charge < -0.3 is 29.7 Å². The van der Waals surface area contributed by atoms with Crippen molar-refractivity contribution in [2.45, 2.75) is 44.4 Å². The highest BCUT2D eigenvalue weighted by molar-refractivity contribution is 7.23. The number of hydrogen-bond donors (Lipinski definition) is 1. The van der Waals surface area contributed by atoms with Gasteiger partial charge in [-0.3, -0.25) is 4.90 Å². The molecule has 7 rings (SSSR count). The fourth-order valence-corrected chi connectivity index (χ4v) is 8.42. The summed E-state index contributed by atoms with van der Waals surface area (Å²) in [6, 6.07) is 4.51. The Morgan fingerprint density at radius 2 is 2.04 bits per heavy atom. The van der Waals surface area contributed by atoms with Gasteiger partial charge in [-0.2, -0.15) is 15.2 Å². The van der Waals surface area contributed by atoms with E-state index in [1.54, 1.807) is 19.0 Å². The molecule has 2 aromatic heterocycles. The fraction of sp³-hybridized carbons (Fsp3) is 0.455. The summed E-state index contributed by atoms with van der Waals surface area (Å²) in [6.07, 6.45) is 1.73. The van der Waals surface area contributed by atoms with Gasteiger partial charge >= 0.3 is 12.0 Å². The molecule has 2 N–H and O–H groups in total. The Kier molecular flexibility index (Phi) is 8.33. The molecular weight excluding hydrogens is 664 g/mol. The maximum absolute atomic E-state index is 17.0. The lowest BCUT2D eigenvalue weighted by Crippen LogP contribution is -2.40. The van der Waals surface area contributed by atoms with Gasteiger partial charge in [-0.25, -0.2) is 13.6 Å². The molecule has 2 aromatic carbocycles. The van der Waals surface area contributed by atoms with E-state index in [2.05, 4.69) is 14.9 Å². The predicted molar refractivity (Wildman–Crippen MR) is 179 cm³/mol. The summed E-state index contributed by atoms with van der Waals surface area (Å²) in [5.74, 6) is -1.41. The molecule has 15 heteroatoms. The van der Waals surface area contributed by atoms with Crippen LogP contribution in [0.5, 0.6) is 17.6 Å². The number of carbonyl (C=O) groups is 1. The van der Waals surface area contributed by atoms with Crippen molar-refractivity contribution in [3.63, 3.8) is 0 Å². The second-order valence-corrected chi connectivity index (χ2v) is 14.2. The number of likely N-dealkylation sites (N-methyl/N-ethyl adjacent to an activating group) is 1. The van der Waals surface area contributed by atoms with Gasteiger partial charge in [0.15, 0.2) is 11.6 Å². The minimum atomic E-state index is -0.839. The van der Waals surface area contributed by atoms with E-state index in [4.69, 9.17) is 31.5 Å². The quantitative estimate of drug-likeness (QED) is 0.271. The summed E-state index contributed by atoms with van der Waals surface area (Å²) >= 11 is 7.91. The van der Waals surface area contributed by atoms with Crippen LogP contribution < -0.4 is 19.9 Å². The lowest BCUT2D eigenvalue weighted by molar-refractivity contribution is 0.0818. The summed E-state index contributed by atoms with van der Waals surface area (Å²) < 4.78 is 51.2. The van der Waals surface area contributed by atoms with Crippen LogP contribution in [0.15, 0.2) is 12.1 Å². The average Bonchev–Trinajstić information content (AvgIpc) is 3.76. The molecule has 252 valence electrons. The van der Waals surface area contributed by atoms with Crippen LogP contribution in [0.3, 0.4) is 0 Å². The topological polar surface area (TPSA) is 130 Å². The molecule has 2 saturated heterocycles. The Balaban J connectivity index is 1.38. The molecule has 11 nitrogen and oxygen atoms in total. The molecular formula is C33H34ClF2N7O4S. The Bertz CT molecular complexity index is 2000. The molecule has 4 atom stereocenters. The van der Waals surface area contributed by atoms with Crippen LogP contribution in [-0.4, -0.2) is 96.3 Å². The predicted octanol–water partition coefficient (Wildman–Crippen LogP) is 5.90. The number of nitrogen functional groups attached to an aromatic ring is 1. The molecule has 0 aliphatic carbocycles. The lowest BCUT2D eigenvalue weighted by Gasteiger charge is -2.26. The van der Waals surface area contributed by atoms with Gasteiger partial charge in [0.25, 0.3) is 0 Å². The first-order valence-electron chi connectivity index (χ1n) is 15.7. The number of rotatable bonds is 5. The summed E-state index contributed by atoms with van der Waals surface area (Å²) in [4.78, 5) is 27.4. The molecule has 2 amide bonds. The Labute approximate surface area is 284 Å². The number of ether oxygens (including phenoxy) is 3. The van der Waals surface area contributed by atoms with Crippen molar-refractivity contribution in [2.24, 2.45) is 5.92 Å². The van der Waals surface area contributed by atoms with Crippen LogP contribution in [0.25, 0.3) is 32.1 Å². The van der Waals surface area contributed by atoms with Crippen LogP contribution in [0.2, 0.25) is 5.02 Å². The number of anilines is 1. The van der Waals surface area contributed by atoms with Gasteiger partial charge in [-0.05, 0) is 51.4 Å². The Hall–Kier alpha value is -4.19. The number of fused-ring (bicyclic) bond motifs is 1. The van der Waals surface area contributed by atoms with Gasteiger partial charge in [0.2, 0.25) is 5.88 Å².